The van der Waals surface area contributed by atoms with Crippen molar-refractivity contribution >= 4 is 49.2 Å². The molecule has 8 heteroatoms. The van der Waals surface area contributed by atoms with Gasteiger partial charge < -0.3 is 5.32 Å². The smallest absolute Gasteiger partial charge is 0.243 e. The van der Waals surface area contributed by atoms with Gasteiger partial charge >= 0.3 is 0 Å². The predicted octanol–water partition coefficient (Wildman–Crippen LogP) is 5.92. The molecule has 0 radical (unpaired) electrons. The highest BCUT2D eigenvalue weighted by atomic mass is 79.9. The molecule has 5 nitrogen and oxygen atoms in total. The minimum atomic E-state index is -3.40. The lowest BCUT2D eigenvalue weighted by Gasteiger charge is -2.25. The average molecular weight is 509 g/mol. The van der Waals surface area contributed by atoms with E-state index in [0.717, 1.165) is 41.3 Å². The Morgan fingerprint density at radius 2 is 1.60 bits per heavy atom. The number of hydrogen-bond acceptors (Lipinski definition) is 5. The van der Waals surface area contributed by atoms with Crippen molar-refractivity contribution in [2.24, 2.45) is 0 Å². The number of nitrogens with zero attached hydrogens (tertiary/aromatic N) is 2. The minimum Gasteiger partial charge on any atom is -0.332 e. The molecule has 2 aromatic carbocycles. The maximum Gasteiger partial charge on any atom is 0.243 e. The second-order valence-corrected chi connectivity index (χ2v) is 10.3. The first-order valence-corrected chi connectivity index (χ1v) is 12.2. The molecule has 1 saturated heterocycles. The molecule has 0 aliphatic carbocycles. The molecule has 0 spiro atoms. The van der Waals surface area contributed by atoms with E-state index in [1.165, 1.54) is 22.5 Å². The molecule has 0 unspecified atom stereocenters. The van der Waals surface area contributed by atoms with Gasteiger partial charge in [0.15, 0.2) is 5.13 Å². The van der Waals surface area contributed by atoms with Crippen LogP contribution in [0.5, 0.6) is 0 Å². The number of aromatic nitrogens is 1. The summed E-state index contributed by atoms with van der Waals surface area (Å²) in [5.41, 5.74) is 5.17. The van der Waals surface area contributed by atoms with Crippen molar-refractivity contribution in [1.82, 2.24) is 9.29 Å². The number of hydrogen-bond donors (Lipinski definition) is 1. The molecule has 1 fully saturated rings. The lowest BCUT2D eigenvalue weighted by atomic mass is 10.1. The highest BCUT2D eigenvalue weighted by Gasteiger charge is 2.25. The van der Waals surface area contributed by atoms with Gasteiger partial charge in [-0.2, -0.15) is 4.31 Å². The molecule has 0 saturated carbocycles. The summed E-state index contributed by atoms with van der Waals surface area (Å²) < 4.78 is 27.2. The zero-order chi connectivity index (χ0) is 20.4. The summed E-state index contributed by atoms with van der Waals surface area (Å²) in [5, 5.41) is 6.16. The number of halogens is 1. The molecule has 1 aliphatic heterocycles. The number of thiazole rings is 1. The van der Waals surface area contributed by atoms with Gasteiger partial charge in [0.05, 0.1) is 10.6 Å². The second-order valence-electron chi connectivity index (χ2n) is 7.53. The van der Waals surface area contributed by atoms with E-state index in [9.17, 15) is 8.42 Å². The van der Waals surface area contributed by atoms with Gasteiger partial charge in [-0.25, -0.2) is 13.4 Å². The summed E-state index contributed by atoms with van der Waals surface area (Å²) in [5.74, 6) is 0. The Morgan fingerprint density at radius 1 is 0.967 bits per heavy atom. The minimum absolute atomic E-state index is 0. The van der Waals surface area contributed by atoms with Crippen LogP contribution in [0.15, 0.2) is 52.7 Å². The van der Waals surface area contributed by atoms with Crippen molar-refractivity contribution in [3.05, 3.63) is 59.0 Å². The molecule has 0 amide bonds. The first-order chi connectivity index (χ1) is 13.9. The monoisotopic (exact) mass is 507 g/mol. The van der Waals surface area contributed by atoms with E-state index in [4.69, 9.17) is 0 Å². The number of anilines is 2. The van der Waals surface area contributed by atoms with E-state index >= 15 is 0 Å². The lowest BCUT2D eigenvalue weighted by Crippen LogP contribution is -2.35. The van der Waals surface area contributed by atoms with Crippen molar-refractivity contribution in [3.63, 3.8) is 0 Å². The van der Waals surface area contributed by atoms with Crippen LogP contribution in [-0.4, -0.2) is 30.8 Å². The highest BCUT2D eigenvalue weighted by molar-refractivity contribution is 8.93. The van der Waals surface area contributed by atoms with E-state index in [0.29, 0.717) is 18.0 Å². The lowest BCUT2D eigenvalue weighted by molar-refractivity contribution is 0.346. The Balaban J connectivity index is 0.00000256. The maximum absolute atomic E-state index is 12.8. The molecular formula is C22H26BrN3O2S2. The third-order valence-electron chi connectivity index (χ3n) is 5.08. The fourth-order valence-electron chi connectivity index (χ4n) is 3.69. The number of aryl methyl sites for hydroxylation is 2. The van der Waals surface area contributed by atoms with E-state index in [1.54, 1.807) is 16.4 Å². The summed E-state index contributed by atoms with van der Waals surface area (Å²) in [7, 11) is -3.40. The third-order valence-corrected chi connectivity index (χ3v) is 7.75. The van der Waals surface area contributed by atoms with Gasteiger partial charge in [-0.1, -0.05) is 24.6 Å². The SMILES string of the molecule is Br.Cc1cc(C)cc(Nc2nc(-c3ccc(S(=O)(=O)N4CCCCC4)cc3)cs2)c1. The quantitative estimate of drug-likeness (QED) is 0.465. The number of piperidine rings is 1. The molecule has 1 N–H and O–H groups in total. The zero-order valence-corrected chi connectivity index (χ0v) is 20.4. The summed E-state index contributed by atoms with van der Waals surface area (Å²) in [4.78, 5) is 5.02. The van der Waals surface area contributed by atoms with E-state index in [1.807, 2.05) is 17.5 Å². The first-order valence-electron chi connectivity index (χ1n) is 9.83. The van der Waals surface area contributed by atoms with Crippen molar-refractivity contribution in [2.45, 2.75) is 38.0 Å². The normalized spacial score (nSPS) is 14.9. The molecule has 4 rings (SSSR count). The number of nitrogens with one attached hydrogen (secondary N) is 1. The fourth-order valence-corrected chi connectivity index (χ4v) is 5.94. The van der Waals surface area contributed by atoms with Crippen LogP contribution in [0.4, 0.5) is 10.8 Å². The fraction of sp³-hybridized carbons (Fsp3) is 0.318. The molecule has 0 bridgehead atoms. The Morgan fingerprint density at radius 3 is 2.23 bits per heavy atom. The highest BCUT2D eigenvalue weighted by Crippen LogP contribution is 2.29. The van der Waals surface area contributed by atoms with E-state index in [2.05, 4.69) is 42.3 Å². The van der Waals surface area contributed by atoms with Crippen LogP contribution in [0.1, 0.15) is 30.4 Å². The molecule has 1 aromatic heterocycles. The Hall–Kier alpha value is -1.74. The van der Waals surface area contributed by atoms with Crippen LogP contribution >= 0.6 is 28.3 Å². The second kappa shape index (κ2) is 9.60. The van der Waals surface area contributed by atoms with Gasteiger partial charge in [0.2, 0.25) is 10.0 Å². The summed E-state index contributed by atoms with van der Waals surface area (Å²) >= 11 is 1.53. The molecule has 0 atom stereocenters. The van der Waals surface area contributed by atoms with Crippen molar-refractivity contribution in [3.8, 4) is 11.3 Å². The maximum atomic E-state index is 12.8. The Labute approximate surface area is 193 Å². The van der Waals surface area contributed by atoms with Crippen molar-refractivity contribution in [2.75, 3.05) is 18.4 Å². The molecule has 3 aromatic rings. The summed E-state index contributed by atoms with van der Waals surface area (Å²) in [6, 6.07) is 13.4. The summed E-state index contributed by atoms with van der Waals surface area (Å²) in [6.45, 7) is 5.38. The van der Waals surface area contributed by atoms with Crippen LogP contribution < -0.4 is 5.32 Å². The predicted molar refractivity (Wildman–Crippen MR) is 130 cm³/mol. The number of sulfonamides is 1. The molecule has 1 aliphatic rings. The first kappa shape index (κ1) is 22.9. The largest absolute Gasteiger partial charge is 0.332 e. The Kier molecular flexibility index (Phi) is 7.34. The molecular weight excluding hydrogens is 482 g/mol. The van der Waals surface area contributed by atoms with Gasteiger partial charge in [0, 0.05) is 29.7 Å². The van der Waals surface area contributed by atoms with Crippen LogP contribution in [0.25, 0.3) is 11.3 Å². The standard InChI is InChI=1S/C22H25N3O2S2.BrH/c1-16-12-17(2)14-19(13-16)23-22-24-21(15-28-22)18-6-8-20(9-7-18)29(26,27)25-10-4-3-5-11-25;/h6-9,12-15H,3-5,10-11H2,1-2H3,(H,23,24);1H. The molecule has 2 heterocycles. The Bertz CT molecular complexity index is 1090. The van der Waals surface area contributed by atoms with Gasteiger partial charge in [0.1, 0.15) is 0 Å². The van der Waals surface area contributed by atoms with E-state index in [-0.39, 0.29) is 17.0 Å². The summed E-state index contributed by atoms with van der Waals surface area (Å²) in [6.07, 6.45) is 2.98. The number of rotatable bonds is 5. The number of benzene rings is 2. The van der Waals surface area contributed by atoms with Gasteiger partial charge in [0.25, 0.3) is 0 Å². The van der Waals surface area contributed by atoms with E-state index < -0.39 is 10.0 Å². The van der Waals surface area contributed by atoms with Gasteiger partial charge in [-0.3, -0.25) is 0 Å². The molecule has 30 heavy (non-hydrogen) atoms. The average Bonchev–Trinajstić information content (AvgIpc) is 3.16. The topological polar surface area (TPSA) is 62.3 Å². The third kappa shape index (κ3) is 5.11. The van der Waals surface area contributed by atoms with Crippen LogP contribution in [0, 0.1) is 13.8 Å². The van der Waals surface area contributed by atoms with Gasteiger partial charge in [-0.15, -0.1) is 28.3 Å². The van der Waals surface area contributed by atoms with Gasteiger partial charge in [-0.05, 0) is 62.1 Å². The van der Waals surface area contributed by atoms with Crippen LogP contribution in [0.2, 0.25) is 0 Å². The molecule has 160 valence electrons. The van der Waals surface area contributed by atoms with Crippen LogP contribution in [-0.2, 0) is 10.0 Å². The van der Waals surface area contributed by atoms with Crippen molar-refractivity contribution in [1.29, 1.82) is 0 Å². The van der Waals surface area contributed by atoms with Crippen LogP contribution in [0.3, 0.4) is 0 Å². The van der Waals surface area contributed by atoms with Crippen molar-refractivity contribution < 1.29 is 8.42 Å². The zero-order valence-electron chi connectivity index (χ0n) is 17.1.